The van der Waals surface area contributed by atoms with Crippen molar-refractivity contribution in [2.45, 2.75) is 31.1 Å². The molecule has 1 amide bonds. The lowest BCUT2D eigenvalue weighted by atomic mass is 9.99. The molecule has 0 saturated carbocycles. The molecule has 2 N–H and O–H groups in total. The zero-order valence-corrected chi connectivity index (χ0v) is 16.5. The lowest BCUT2D eigenvalue weighted by Gasteiger charge is -2.27. The Labute approximate surface area is 152 Å². The fraction of sp³-hybridized carbons (Fsp3) is 0.588. The summed E-state index contributed by atoms with van der Waals surface area (Å²) in [6, 6.07) is 6.49. The second-order valence-corrected chi connectivity index (χ2v) is 9.58. The average molecular weight is 418 g/mol. The summed E-state index contributed by atoms with van der Waals surface area (Å²) in [6.45, 7) is 6.13. The van der Waals surface area contributed by atoms with Crippen molar-refractivity contribution in [1.29, 1.82) is 0 Å². The molecule has 1 saturated heterocycles. The van der Waals surface area contributed by atoms with Crippen LogP contribution in [0.4, 0.5) is 0 Å². The number of carbonyl (C=O) groups is 1. The van der Waals surface area contributed by atoms with Crippen molar-refractivity contribution >= 4 is 31.7 Å². The molecule has 0 aromatic heterocycles. The summed E-state index contributed by atoms with van der Waals surface area (Å²) in [5, 5.41) is 2.84. The Morgan fingerprint density at radius 1 is 1.25 bits per heavy atom. The Bertz CT molecular complexity index is 638. The standard InChI is InChI=1S/C17H25BrN2O3S/c1-14-6-10-20(11-7-14)12-9-19-17(21)8-13-24(22,23)16-4-2-15(18)3-5-16/h2-5,14H,6-13H2,1H3,(H,19,21)/p+1. The van der Waals surface area contributed by atoms with Gasteiger partial charge in [0.1, 0.15) is 0 Å². The number of hydrogen-bond donors (Lipinski definition) is 2. The first-order valence-corrected chi connectivity index (χ1v) is 10.9. The van der Waals surface area contributed by atoms with E-state index in [9.17, 15) is 13.2 Å². The van der Waals surface area contributed by atoms with E-state index in [0.717, 1.165) is 30.0 Å². The fourth-order valence-electron chi connectivity index (χ4n) is 2.87. The molecule has 24 heavy (non-hydrogen) atoms. The zero-order chi connectivity index (χ0) is 17.6. The number of quaternary nitrogens is 1. The second kappa shape index (κ2) is 8.97. The Morgan fingerprint density at radius 3 is 2.50 bits per heavy atom. The number of likely N-dealkylation sites (tertiary alicyclic amines) is 1. The molecule has 1 aliphatic rings. The third kappa shape index (κ3) is 6.18. The summed E-state index contributed by atoms with van der Waals surface area (Å²) >= 11 is 3.28. The summed E-state index contributed by atoms with van der Waals surface area (Å²) in [4.78, 5) is 13.7. The van der Waals surface area contributed by atoms with Gasteiger partial charge < -0.3 is 10.2 Å². The van der Waals surface area contributed by atoms with E-state index in [1.807, 2.05) is 0 Å². The van der Waals surface area contributed by atoms with Gasteiger partial charge >= 0.3 is 0 Å². The van der Waals surface area contributed by atoms with Crippen LogP contribution in [0.5, 0.6) is 0 Å². The molecule has 0 unspecified atom stereocenters. The summed E-state index contributed by atoms with van der Waals surface area (Å²) in [5.74, 6) is 0.460. The number of hydrogen-bond acceptors (Lipinski definition) is 3. The average Bonchev–Trinajstić information content (AvgIpc) is 2.55. The number of halogens is 1. The topological polar surface area (TPSA) is 67.7 Å². The van der Waals surface area contributed by atoms with Gasteiger partial charge in [0.15, 0.2) is 9.84 Å². The molecule has 0 spiro atoms. The number of carbonyl (C=O) groups excluding carboxylic acids is 1. The Balaban J connectivity index is 1.70. The summed E-state index contributed by atoms with van der Waals surface area (Å²) in [6.07, 6.45) is 2.49. The quantitative estimate of drug-likeness (QED) is 0.696. The highest BCUT2D eigenvalue weighted by Crippen LogP contribution is 2.16. The normalized spacial score (nSPS) is 21.4. The van der Waals surface area contributed by atoms with Crippen molar-refractivity contribution in [3.8, 4) is 0 Å². The number of amides is 1. The molecule has 2 rings (SSSR count). The maximum atomic E-state index is 12.2. The maximum Gasteiger partial charge on any atom is 0.221 e. The SMILES string of the molecule is CC1CC[NH+](CCNC(=O)CCS(=O)(=O)c2ccc(Br)cc2)CC1. The second-order valence-electron chi connectivity index (χ2n) is 6.56. The number of sulfone groups is 1. The fourth-order valence-corrected chi connectivity index (χ4v) is 4.38. The number of piperidine rings is 1. The first-order valence-electron chi connectivity index (χ1n) is 8.45. The number of nitrogens with one attached hydrogen (secondary N) is 2. The Hall–Kier alpha value is -0.920. The van der Waals surface area contributed by atoms with Crippen molar-refractivity contribution in [3.63, 3.8) is 0 Å². The minimum Gasteiger partial charge on any atom is -0.350 e. The van der Waals surface area contributed by atoms with Crippen LogP contribution in [0.25, 0.3) is 0 Å². The smallest absolute Gasteiger partial charge is 0.221 e. The van der Waals surface area contributed by atoms with Crippen LogP contribution < -0.4 is 10.2 Å². The molecule has 0 radical (unpaired) electrons. The number of benzene rings is 1. The monoisotopic (exact) mass is 417 g/mol. The van der Waals surface area contributed by atoms with Crippen LogP contribution in [0.1, 0.15) is 26.2 Å². The molecule has 1 heterocycles. The highest BCUT2D eigenvalue weighted by atomic mass is 79.9. The van der Waals surface area contributed by atoms with Crippen molar-refractivity contribution in [1.82, 2.24) is 5.32 Å². The lowest BCUT2D eigenvalue weighted by Crippen LogP contribution is -3.13. The molecule has 134 valence electrons. The predicted molar refractivity (Wildman–Crippen MR) is 97.8 cm³/mol. The lowest BCUT2D eigenvalue weighted by molar-refractivity contribution is -0.904. The third-order valence-electron chi connectivity index (χ3n) is 4.55. The van der Waals surface area contributed by atoms with E-state index in [1.165, 1.54) is 17.7 Å². The van der Waals surface area contributed by atoms with Crippen LogP contribution in [-0.2, 0) is 14.6 Å². The van der Waals surface area contributed by atoms with Crippen molar-refractivity contribution in [2.24, 2.45) is 5.92 Å². The van der Waals surface area contributed by atoms with Gasteiger partial charge in [0.2, 0.25) is 5.91 Å². The first-order chi connectivity index (χ1) is 11.4. The van der Waals surface area contributed by atoms with E-state index in [1.54, 1.807) is 24.3 Å². The molecule has 0 aliphatic carbocycles. The van der Waals surface area contributed by atoms with Gasteiger partial charge in [0.25, 0.3) is 0 Å². The van der Waals surface area contributed by atoms with E-state index < -0.39 is 9.84 Å². The maximum absolute atomic E-state index is 12.2. The van der Waals surface area contributed by atoms with Crippen molar-refractivity contribution in [2.75, 3.05) is 31.9 Å². The van der Waals surface area contributed by atoms with Gasteiger partial charge in [0.05, 0.1) is 36.8 Å². The van der Waals surface area contributed by atoms with Crippen molar-refractivity contribution in [3.05, 3.63) is 28.7 Å². The molecule has 1 aliphatic heterocycles. The molecule has 1 fully saturated rings. The highest BCUT2D eigenvalue weighted by molar-refractivity contribution is 9.10. The van der Waals surface area contributed by atoms with Gasteiger partial charge in [-0.25, -0.2) is 8.42 Å². The van der Waals surface area contributed by atoms with E-state index in [-0.39, 0.29) is 23.0 Å². The van der Waals surface area contributed by atoms with E-state index in [0.29, 0.717) is 6.54 Å². The molecule has 1 aromatic carbocycles. The van der Waals surface area contributed by atoms with Crippen LogP contribution >= 0.6 is 15.9 Å². The predicted octanol–water partition coefficient (Wildman–Crippen LogP) is 1.04. The molecule has 5 nitrogen and oxygen atoms in total. The van der Waals surface area contributed by atoms with Crippen molar-refractivity contribution < 1.29 is 18.1 Å². The molecule has 1 aromatic rings. The summed E-state index contributed by atoms with van der Waals surface area (Å²) in [7, 11) is -3.41. The summed E-state index contributed by atoms with van der Waals surface area (Å²) in [5.41, 5.74) is 0. The van der Waals surface area contributed by atoms with Crippen LogP contribution in [0.3, 0.4) is 0 Å². The molecular weight excluding hydrogens is 392 g/mol. The van der Waals surface area contributed by atoms with Crippen LogP contribution in [0.15, 0.2) is 33.6 Å². The van der Waals surface area contributed by atoms with E-state index in [2.05, 4.69) is 28.2 Å². The minimum atomic E-state index is -3.41. The zero-order valence-electron chi connectivity index (χ0n) is 14.1. The van der Waals surface area contributed by atoms with Crippen LogP contribution in [0.2, 0.25) is 0 Å². The minimum absolute atomic E-state index is 0.00473. The van der Waals surface area contributed by atoms with Crippen LogP contribution in [-0.4, -0.2) is 46.3 Å². The molecule has 0 atom stereocenters. The highest BCUT2D eigenvalue weighted by Gasteiger charge is 2.19. The van der Waals surface area contributed by atoms with Gasteiger partial charge in [-0.1, -0.05) is 22.9 Å². The first kappa shape index (κ1) is 19.4. The van der Waals surface area contributed by atoms with Crippen LogP contribution in [0, 0.1) is 5.92 Å². The third-order valence-corrected chi connectivity index (χ3v) is 6.81. The Morgan fingerprint density at radius 2 is 1.88 bits per heavy atom. The van der Waals surface area contributed by atoms with Gasteiger partial charge in [-0.15, -0.1) is 0 Å². The van der Waals surface area contributed by atoms with Gasteiger partial charge in [-0.2, -0.15) is 0 Å². The van der Waals surface area contributed by atoms with Gasteiger partial charge in [-0.3, -0.25) is 4.79 Å². The van der Waals surface area contributed by atoms with E-state index >= 15 is 0 Å². The Kier molecular flexibility index (Phi) is 7.25. The molecule has 0 bridgehead atoms. The summed E-state index contributed by atoms with van der Waals surface area (Å²) < 4.78 is 25.2. The number of rotatable bonds is 7. The molecular formula is C17H26BrN2O3S+. The largest absolute Gasteiger partial charge is 0.350 e. The molecule has 7 heteroatoms. The van der Waals surface area contributed by atoms with Gasteiger partial charge in [0, 0.05) is 10.9 Å². The van der Waals surface area contributed by atoms with E-state index in [4.69, 9.17) is 0 Å². The van der Waals surface area contributed by atoms with Gasteiger partial charge in [-0.05, 0) is 43.0 Å².